The van der Waals surface area contributed by atoms with Crippen LogP contribution in [0.5, 0.6) is 0 Å². The van der Waals surface area contributed by atoms with Crippen LogP contribution in [0.4, 0.5) is 5.69 Å². The van der Waals surface area contributed by atoms with Gasteiger partial charge < -0.3 is 5.11 Å². The van der Waals surface area contributed by atoms with Gasteiger partial charge in [0.1, 0.15) is 0 Å². The van der Waals surface area contributed by atoms with Crippen molar-refractivity contribution in [1.82, 2.24) is 0 Å². The molecule has 1 aliphatic rings. The van der Waals surface area contributed by atoms with Crippen molar-refractivity contribution in [3.8, 4) is 0 Å². The van der Waals surface area contributed by atoms with Crippen molar-refractivity contribution < 1.29 is 19.5 Å². The number of amides is 2. The van der Waals surface area contributed by atoms with Crippen LogP contribution in [-0.2, 0) is 9.59 Å². The molecule has 1 fully saturated rings. The third-order valence-electron chi connectivity index (χ3n) is 2.85. The average molecular weight is 302 g/mol. The molecule has 0 saturated carbocycles. The number of carboxylic acid groups (broad SMARTS) is 1. The zero-order valence-corrected chi connectivity index (χ0v) is 11.3. The van der Waals surface area contributed by atoms with Crippen molar-refractivity contribution in [2.45, 2.75) is 13.3 Å². The molecule has 1 aliphatic heterocycles. The molecule has 1 heterocycles. The Morgan fingerprint density at radius 2 is 2.00 bits per heavy atom. The monoisotopic (exact) mass is 301 g/mol. The molecule has 100 valence electrons. The Morgan fingerprint density at radius 3 is 2.47 bits per heavy atom. The van der Waals surface area contributed by atoms with E-state index in [1.165, 1.54) is 6.07 Å². The molecule has 1 N–H and O–H groups in total. The number of aromatic carboxylic acids is 1. The maximum Gasteiger partial charge on any atom is 0.337 e. The fraction of sp³-hybridized carbons (Fsp3) is 0.250. The van der Waals surface area contributed by atoms with E-state index >= 15 is 0 Å². The van der Waals surface area contributed by atoms with Gasteiger partial charge in [-0.3, -0.25) is 9.59 Å². The predicted molar refractivity (Wildman–Crippen MR) is 69.7 cm³/mol. The zero-order valence-electron chi connectivity index (χ0n) is 9.81. The number of imide groups is 1. The molecular weight excluding hydrogens is 293 g/mol. The summed E-state index contributed by atoms with van der Waals surface area (Å²) in [7, 11) is 0. The smallest absolute Gasteiger partial charge is 0.337 e. The molecule has 2 amide bonds. The van der Waals surface area contributed by atoms with Crippen LogP contribution in [-0.4, -0.2) is 22.9 Å². The number of rotatable bonds is 2. The SMILES string of the molecule is CC1CC(=O)N(c2c(Cl)cc(Cl)cc2C(=O)O)C1=O. The van der Waals surface area contributed by atoms with Crippen LogP contribution in [0.2, 0.25) is 10.0 Å². The van der Waals surface area contributed by atoms with Gasteiger partial charge in [0.15, 0.2) is 0 Å². The Bertz CT molecular complexity index is 600. The van der Waals surface area contributed by atoms with E-state index in [4.69, 9.17) is 28.3 Å². The average Bonchev–Trinajstić information content (AvgIpc) is 2.53. The first-order valence-corrected chi connectivity index (χ1v) is 6.17. The number of nitrogens with zero attached hydrogens (tertiary/aromatic N) is 1. The van der Waals surface area contributed by atoms with Gasteiger partial charge in [-0.15, -0.1) is 0 Å². The molecule has 2 rings (SSSR count). The molecule has 0 aromatic heterocycles. The number of carboxylic acids is 1. The largest absolute Gasteiger partial charge is 0.478 e. The Hall–Kier alpha value is -1.59. The molecule has 0 aliphatic carbocycles. The lowest BCUT2D eigenvalue weighted by molar-refractivity contribution is -0.122. The predicted octanol–water partition coefficient (Wildman–Crippen LogP) is 2.59. The first-order valence-electron chi connectivity index (χ1n) is 5.42. The minimum Gasteiger partial charge on any atom is -0.478 e. The summed E-state index contributed by atoms with van der Waals surface area (Å²) in [6, 6.07) is 2.46. The van der Waals surface area contributed by atoms with E-state index in [-0.39, 0.29) is 27.7 Å². The van der Waals surface area contributed by atoms with Crippen molar-refractivity contribution in [1.29, 1.82) is 0 Å². The van der Waals surface area contributed by atoms with Crippen LogP contribution >= 0.6 is 23.2 Å². The number of anilines is 1. The fourth-order valence-corrected chi connectivity index (χ4v) is 2.55. The molecule has 1 atom stereocenters. The highest BCUT2D eigenvalue weighted by Crippen LogP contribution is 2.37. The Labute approximate surface area is 118 Å². The van der Waals surface area contributed by atoms with E-state index in [1.54, 1.807) is 6.92 Å². The minimum atomic E-state index is -1.31. The fourth-order valence-electron chi connectivity index (χ4n) is 1.97. The molecule has 1 aromatic rings. The van der Waals surface area contributed by atoms with Gasteiger partial charge >= 0.3 is 5.97 Å². The van der Waals surface area contributed by atoms with E-state index in [0.717, 1.165) is 11.0 Å². The second-order valence-corrected chi connectivity index (χ2v) is 5.11. The molecule has 0 radical (unpaired) electrons. The molecule has 7 heteroatoms. The first kappa shape index (κ1) is 13.8. The third-order valence-corrected chi connectivity index (χ3v) is 3.36. The highest BCUT2D eigenvalue weighted by molar-refractivity contribution is 6.39. The second kappa shape index (κ2) is 4.83. The molecule has 0 bridgehead atoms. The number of hydrogen-bond acceptors (Lipinski definition) is 3. The quantitative estimate of drug-likeness (QED) is 0.852. The summed E-state index contributed by atoms with van der Waals surface area (Å²) >= 11 is 11.7. The maximum absolute atomic E-state index is 11.9. The summed E-state index contributed by atoms with van der Waals surface area (Å²) in [6.45, 7) is 1.60. The van der Waals surface area contributed by atoms with Gasteiger partial charge in [-0.2, -0.15) is 0 Å². The lowest BCUT2D eigenvalue weighted by Crippen LogP contribution is -2.31. The van der Waals surface area contributed by atoms with E-state index in [0.29, 0.717) is 0 Å². The van der Waals surface area contributed by atoms with Crippen molar-refractivity contribution in [2.24, 2.45) is 5.92 Å². The minimum absolute atomic E-state index is 0.0385. The van der Waals surface area contributed by atoms with E-state index in [2.05, 4.69) is 0 Å². The molecule has 1 aromatic carbocycles. The van der Waals surface area contributed by atoms with Gasteiger partial charge in [0.25, 0.3) is 0 Å². The van der Waals surface area contributed by atoms with E-state index < -0.39 is 23.7 Å². The summed E-state index contributed by atoms with van der Waals surface area (Å²) in [5.74, 6) is -2.72. The normalized spacial score (nSPS) is 19.1. The van der Waals surface area contributed by atoms with Crippen LogP contribution in [0.15, 0.2) is 12.1 Å². The number of benzene rings is 1. The molecule has 1 unspecified atom stereocenters. The van der Waals surface area contributed by atoms with Crippen molar-refractivity contribution in [3.63, 3.8) is 0 Å². The summed E-state index contributed by atoms with van der Waals surface area (Å²) in [5.41, 5.74) is -0.383. The number of hydrogen-bond donors (Lipinski definition) is 1. The summed E-state index contributed by atoms with van der Waals surface area (Å²) in [5, 5.41) is 9.23. The van der Waals surface area contributed by atoms with Gasteiger partial charge in [-0.25, -0.2) is 9.69 Å². The summed E-state index contributed by atoms with van der Waals surface area (Å²) in [6.07, 6.45) is 0.0385. The van der Waals surface area contributed by atoms with Gasteiger partial charge in [0.2, 0.25) is 11.8 Å². The van der Waals surface area contributed by atoms with Gasteiger partial charge in [0.05, 0.1) is 16.3 Å². The molecular formula is C12H9Cl2NO4. The van der Waals surface area contributed by atoms with Crippen LogP contribution in [0.3, 0.4) is 0 Å². The molecule has 19 heavy (non-hydrogen) atoms. The van der Waals surface area contributed by atoms with Crippen LogP contribution in [0.1, 0.15) is 23.7 Å². The summed E-state index contributed by atoms with van der Waals surface area (Å²) < 4.78 is 0. The molecule has 1 saturated heterocycles. The Kier molecular flexibility index (Phi) is 3.52. The maximum atomic E-state index is 11.9. The molecule has 0 spiro atoms. The topological polar surface area (TPSA) is 74.7 Å². The highest BCUT2D eigenvalue weighted by atomic mass is 35.5. The zero-order chi connectivity index (χ0) is 14.3. The van der Waals surface area contributed by atoms with Crippen molar-refractivity contribution in [2.75, 3.05) is 4.90 Å². The Morgan fingerprint density at radius 1 is 1.37 bits per heavy atom. The molecule has 5 nitrogen and oxygen atoms in total. The van der Waals surface area contributed by atoms with Crippen molar-refractivity contribution >= 4 is 46.7 Å². The van der Waals surface area contributed by atoms with Gasteiger partial charge in [-0.05, 0) is 12.1 Å². The number of carbonyl (C=O) groups is 3. The third kappa shape index (κ3) is 2.31. The van der Waals surface area contributed by atoms with Crippen molar-refractivity contribution in [3.05, 3.63) is 27.7 Å². The van der Waals surface area contributed by atoms with E-state index in [9.17, 15) is 14.4 Å². The number of carbonyl (C=O) groups excluding carboxylic acids is 2. The first-order chi connectivity index (χ1) is 8.82. The standard InChI is InChI=1S/C12H9Cl2NO4/c1-5-2-9(16)15(11(5)17)10-7(12(18)19)3-6(13)4-8(10)14/h3-5H,2H2,1H3,(H,18,19). The Balaban J connectivity index is 2.65. The van der Waals surface area contributed by atoms with E-state index in [1.807, 2.05) is 0 Å². The van der Waals surface area contributed by atoms with Gasteiger partial charge in [-0.1, -0.05) is 30.1 Å². The highest BCUT2D eigenvalue weighted by Gasteiger charge is 2.39. The lowest BCUT2D eigenvalue weighted by Gasteiger charge is -2.18. The lowest BCUT2D eigenvalue weighted by atomic mass is 10.1. The van der Waals surface area contributed by atoms with Gasteiger partial charge in [0, 0.05) is 17.4 Å². The van der Waals surface area contributed by atoms with Crippen LogP contribution in [0, 0.1) is 5.92 Å². The van der Waals surface area contributed by atoms with Crippen LogP contribution in [0.25, 0.3) is 0 Å². The second-order valence-electron chi connectivity index (χ2n) is 4.26. The number of halogens is 2. The summed E-state index contributed by atoms with van der Waals surface area (Å²) in [4.78, 5) is 35.8. The van der Waals surface area contributed by atoms with Crippen LogP contribution < -0.4 is 4.90 Å².